The second kappa shape index (κ2) is 8.40. The third-order valence-corrected chi connectivity index (χ3v) is 4.06. The summed E-state index contributed by atoms with van der Waals surface area (Å²) in [4.78, 5) is 20.9. The molecule has 5 nitrogen and oxygen atoms in total. The first-order chi connectivity index (χ1) is 13.0. The second-order valence-electron chi connectivity index (χ2n) is 6.30. The van der Waals surface area contributed by atoms with Crippen LogP contribution >= 0.6 is 0 Å². The average molecular weight is 364 g/mol. The summed E-state index contributed by atoms with van der Waals surface area (Å²) < 4.78 is 13.7. The number of nitrogens with one attached hydrogen (secondary N) is 2. The molecule has 0 aliphatic carbocycles. The van der Waals surface area contributed by atoms with Crippen LogP contribution in [0.1, 0.15) is 33.0 Å². The molecule has 0 saturated carbocycles. The van der Waals surface area contributed by atoms with Crippen LogP contribution in [0.3, 0.4) is 0 Å². The van der Waals surface area contributed by atoms with Crippen LogP contribution in [0, 0.1) is 19.7 Å². The van der Waals surface area contributed by atoms with Gasteiger partial charge in [0.1, 0.15) is 23.2 Å². The molecule has 138 valence electrons. The quantitative estimate of drug-likeness (QED) is 0.699. The number of halogens is 1. The van der Waals surface area contributed by atoms with E-state index in [0.29, 0.717) is 23.8 Å². The van der Waals surface area contributed by atoms with Gasteiger partial charge >= 0.3 is 0 Å². The Balaban J connectivity index is 1.66. The molecule has 0 fully saturated rings. The number of carbonyl (C=O) groups is 1. The molecule has 2 aromatic carbocycles. The Morgan fingerprint density at radius 3 is 2.48 bits per heavy atom. The highest BCUT2D eigenvalue weighted by Crippen LogP contribution is 2.11. The van der Waals surface area contributed by atoms with Crippen molar-refractivity contribution in [2.45, 2.75) is 26.9 Å². The smallest absolute Gasteiger partial charge is 0.270 e. The molecule has 3 aromatic rings. The molecule has 6 heteroatoms. The Bertz CT molecular complexity index is 941. The van der Waals surface area contributed by atoms with Crippen LogP contribution in [0.4, 0.5) is 10.2 Å². The molecule has 1 heterocycles. The third-order valence-electron chi connectivity index (χ3n) is 4.06. The summed E-state index contributed by atoms with van der Waals surface area (Å²) in [7, 11) is 0. The zero-order valence-electron chi connectivity index (χ0n) is 15.3. The number of benzene rings is 2. The zero-order chi connectivity index (χ0) is 19.2. The molecular formula is C21H21FN4O. The van der Waals surface area contributed by atoms with Gasteiger partial charge in [-0.3, -0.25) is 4.79 Å². The maximum Gasteiger partial charge on any atom is 0.270 e. The monoisotopic (exact) mass is 364 g/mol. The van der Waals surface area contributed by atoms with Gasteiger partial charge in [0.15, 0.2) is 0 Å². The average Bonchev–Trinajstić information content (AvgIpc) is 2.66. The van der Waals surface area contributed by atoms with E-state index in [2.05, 4.69) is 20.6 Å². The minimum Gasteiger partial charge on any atom is -0.366 e. The molecule has 0 radical (unpaired) electrons. The predicted octanol–water partition coefficient (Wildman–Crippen LogP) is 3.77. The Morgan fingerprint density at radius 1 is 1.00 bits per heavy atom. The minimum atomic E-state index is -0.373. The maximum atomic E-state index is 13.7. The molecule has 1 amide bonds. The van der Waals surface area contributed by atoms with Crippen LogP contribution in [0.25, 0.3) is 0 Å². The van der Waals surface area contributed by atoms with Gasteiger partial charge < -0.3 is 10.6 Å². The van der Waals surface area contributed by atoms with Crippen LogP contribution < -0.4 is 10.6 Å². The highest BCUT2D eigenvalue weighted by Gasteiger charge is 2.11. The summed E-state index contributed by atoms with van der Waals surface area (Å²) in [5.74, 6) is 0.332. The lowest BCUT2D eigenvalue weighted by molar-refractivity contribution is 0.0945. The standard InChI is InChI=1S/C21H21FN4O/c1-14-7-9-16(10-8-14)12-23-20-11-19(25-15(2)26-20)21(27)24-13-17-5-3-4-6-18(17)22/h3-11H,12-13H2,1-2H3,(H,24,27)(H,23,25,26). The van der Waals surface area contributed by atoms with E-state index in [1.165, 1.54) is 11.6 Å². The molecule has 2 N–H and O–H groups in total. The topological polar surface area (TPSA) is 66.9 Å². The van der Waals surface area contributed by atoms with Gasteiger partial charge in [0.25, 0.3) is 5.91 Å². The Hall–Kier alpha value is -3.28. The first-order valence-corrected chi connectivity index (χ1v) is 8.68. The number of aromatic nitrogens is 2. The van der Waals surface area contributed by atoms with Crippen molar-refractivity contribution < 1.29 is 9.18 Å². The number of rotatable bonds is 6. The van der Waals surface area contributed by atoms with Crippen molar-refractivity contribution in [3.63, 3.8) is 0 Å². The molecule has 0 spiro atoms. The number of nitrogens with zero attached hydrogens (tertiary/aromatic N) is 2. The summed E-state index contributed by atoms with van der Waals surface area (Å²) in [6, 6.07) is 16.1. The molecule has 3 rings (SSSR count). The molecule has 0 unspecified atom stereocenters. The molecule has 27 heavy (non-hydrogen) atoms. The largest absolute Gasteiger partial charge is 0.366 e. The summed E-state index contributed by atoms with van der Waals surface area (Å²) in [6.45, 7) is 4.45. The summed E-state index contributed by atoms with van der Waals surface area (Å²) in [6.07, 6.45) is 0. The molecule has 0 atom stereocenters. The maximum absolute atomic E-state index is 13.7. The normalized spacial score (nSPS) is 10.5. The number of aryl methyl sites for hydroxylation is 2. The second-order valence-corrected chi connectivity index (χ2v) is 6.30. The van der Waals surface area contributed by atoms with Gasteiger partial charge in [-0.2, -0.15) is 0 Å². The van der Waals surface area contributed by atoms with Gasteiger partial charge in [-0.1, -0.05) is 48.0 Å². The fraction of sp³-hybridized carbons (Fsp3) is 0.190. The van der Waals surface area contributed by atoms with E-state index in [1.807, 2.05) is 31.2 Å². The number of carbonyl (C=O) groups excluding carboxylic acids is 1. The lowest BCUT2D eigenvalue weighted by atomic mass is 10.1. The highest BCUT2D eigenvalue weighted by molar-refractivity contribution is 5.92. The third kappa shape index (κ3) is 5.10. The van der Waals surface area contributed by atoms with Gasteiger partial charge in [-0.05, 0) is 25.5 Å². The van der Waals surface area contributed by atoms with Crippen LogP contribution in [0.2, 0.25) is 0 Å². The van der Waals surface area contributed by atoms with Crippen molar-refractivity contribution in [1.82, 2.24) is 15.3 Å². The minimum absolute atomic E-state index is 0.0979. The van der Waals surface area contributed by atoms with E-state index >= 15 is 0 Å². The van der Waals surface area contributed by atoms with Crippen LogP contribution in [0.15, 0.2) is 54.6 Å². The first kappa shape index (κ1) is 18.5. The van der Waals surface area contributed by atoms with Gasteiger partial charge in [0.05, 0.1) is 0 Å². The zero-order valence-corrected chi connectivity index (χ0v) is 15.3. The summed E-state index contributed by atoms with van der Waals surface area (Å²) >= 11 is 0. The van der Waals surface area contributed by atoms with E-state index in [9.17, 15) is 9.18 Å². The molecule has 1 aromatic heterocycles. The van der Waals surface area contributed by atoms with E-state index < -0.39 is 0 Å². The molecular weight excluding hydrogens is 343 g/mol. The van der Waals surface area contributed by atoms with Crippen LogP contribution in [-0.4, -0.2) is 15.9 Å². The van der Waals surface area contributed by atoms with Crippen molar-refractivity contribution in [2.24, 2.45) is 0 Å². The number of hydrogen-bond acceptors (Lipinski definition) is 4. The highest BCUT2D eigenvalue weighted by atomic mass is 19.1. The first-order valence-electron chi connectivity index (χ1n) is 8.68. The molecule has 0 bridgehead atoms. The van der Waals surface area contributed by atoms with Gasteiger partial charge in [0.2, 0.25) is 0 Å². The summed E-state index contributed by atoms with van der Waals surface area (Å²) in [5, 5.41) is 5.90. The number of anilines is 1. The molecule has 0 saturated heterocycles. The Kier molecular flexibility index (Phi) is 5.76. The number of amides is 1. The van der Waals surface area contributed by atoms with E-state index in [-0.39, 0.29) is 24.0 Å². The fourth-order valence-corrected chi connectivity index (χ4v) is 2.58. The van der Waals surface area contributed by atoms with E-state index in [4.69, 9.17) is 0 Å². The van der Waals surface area contributed by atoms with Crippen molar-refractivity contribution in [3.8, 4) is 0 Å². The molecule has 0 aliphatic heterocycles. The lowest BCUT2D eigenvalue weighted by Gasteiger charge is -2.10. The number of hydrogen-bond donors (Lipinski definition) is 2. The van der Waals surface area contributed by atoms with Gasteiger partial charge in [-0.15, -0.1) is 0 Å². The fourth-order valence-electron chi connectivity index (χ4n) is 2.58. The Morgan fingerprint density at radius 2 is 1.74 bits per heavy atom. The van der Waals surface area contributed by atoms with Crippen molar-refractivity contribution in [3.05, 3.63) is 88.6 Å². The van der Waals surface area contributed by atoms with Crippen molar-refractivity contribution in [1.29, 1.82) is 0 Å². The van der Waals surface area contributed by atoms with E-state index in [1.54, 1.807) is 31.2 Å². The molecule has 0 aliphatic rings. The summed E-state index contributed by atoms with van der Waals surface area (Å²) in [5.41, 5.74) is 2.98. The van der Waals surface area contributed by atoms with Crippen molar-refractivity contribution in [2.75, 3.05) is 5.32 Å². The van der Waals surface area contributed by atoms with Gasteiger partial charge in [0, 0.05) is 24.7 Å². The lowest BCUT2D eigenvalue weighted by Crippen LogP contribution is -2.25. The Labute approximate surface area is 157 Å². The van der Waals surface area contributed by atoms with E-state index in [0.717, 1.165) is 5.56 Å². The van der Waals surface area contributed by atoms with Crippen molar-refractivity contribution >= 4 is 11.7 Å². The van der Waals surface area contributed by atoms with Crippen LogP contribution in [0.5, 0.6) is 0 Å². The predicted molar refractivity (Wildman–Crippen MR) is 103 cm³/mol. The SMILES string of the molecule is Cc1ccc(CNc2cc(C(=O)NCc3ccccc3F)nc(C)n2)cc1. The van der Waals surface area contributed by atoms with Crippen LogP contribution in [-0.2, 0) is 13.1 Å². The van der Waals surface area contributed by atoms with Gasteiger partial charge in [-0.25, -0.2) is 14.4 Å².